The standard InChI is InChI=1S/C17H29N3/c1-16(2)14-6-7-17(16,3)15(12-14)19-8-4-5-10-20-11-9-18-13-20/h9,11,13-15,19H,4-8,10,12H2,1-3H3. The Balaban J connectivity index is 1.42. The summed E-state index contributed by atoms with van der Waals surface area (Å²) in [5.41, 5.74) is 1.05. The van der Waals surface area contributed by atoms with Crippen LogP contribution < -0.4 is 5.32 Å². The number of nitrogens with zero attached hydrogens (tertiary/aromatic N) is 2. The fraction of sp³-hybridized carbons (Fsp3) is 0.824. The van der Waals surface area contributed by atoms with Crippen LogP contribution in [0.5, 0.6) is 0 Å². The van der Waals surface area contributed by atoms with Gasteiger partial charge in [-0.1, -0.05) is 20.8 Å². The van der Waals surface area contributed by atoms with Gasteiger partial charge in [-0.3, -0.25) is 0 Å². The van der Waals surface area contributed by atoms with Crippen molar-refractivity contribution in [3.8, 4) is 0 Å². The third kappa shape index (κ3) is 2.20. The van der Waals surface area contributed by atoms with Crippen LogP contribution in [0.2, 0.25) is 0 Å². The molecule has 1 heterocycles. The molecule has 3 nitrogen and oxygen atoms in total. The van der Waals surface area contributed by atoms with Crippen molar-refractivity contribution in [3.05, 3.63) is 18.7 Å². The number of aryl methyl sites for hydroxylation is 1. The first-order valence-corrected chi connectivity index (χ1v) is 8.23. The Bertz CT molecular complexity index is 437. The zero-order valence-electron chi connectivity index (χ0n) is 13.2. The molecule has 3 atom stereocenters. The maximum atomic E-state index is 4.08. The first-order valence-electron chi connectivity index (χ1n) is 8.23. The molecule has 0 amide bonds. The SMILES string of the molecule is CC1(C)C2CCC1(C)C(NCCCCn1ccnc1)C2. The minimum absolute atomic E-state index is 0.516. The van der Waals surface area contributed by atoms with Crippen molar-refractivity contribution in [2.75, 3.05) is 6.54 Å². The van der Waals surface area contributed by atoms with Crippen molar-refractivity contribution in [3.63, 3.8) is 0 Å². The van der Waals surface area contributed by atoms with Crippen molar-refractivity contribution >= 4 is 0 Å². The van der Waals surface area contributed by atoms with Crippen molar-refractivity contribution in [1.29, 1.82) is 0 Å². The van der Waals surface area contributed by atoms with Gasteiger partial charge in [0.05, 0.1) is 6.33 Å². The van der Waals surface area contributed by atoms with Gasteiger partial charge in [0, 0.05) is 25.0 Å². The van der Waals surface area contributed by atoms with Gasteiger partial charge in [-0.25, -0.2) is 4.98 Å². The predicted octanol–water partition coefficient (Wildman–Crippen LogP) is 3.47. The lowest BCUT2D eigenvalue weighted by Crippen LogP contribution is -2.44. The highest BCUT2D eigenvalue weighted by Gasteiger charge is 2.60. The highest BCUT2D eigenvalue weighted by molar-refractivity contribution is 5.12. The molecule has 0 radical (unpaired) electrons. The third-order valence-corrected chi connectivity index (χ3v) is 6.59. The van der Waals surface area contributed by atoms with E-state index in [1.54, 1.807) is 0 Å². The second-order valence-electron chi connectivity index (χ2n) is 7.62. The lowest BCUT2D eigenvalue weighted by atomic mass is 9.69. The number of aromatic nitrogens is 2. The zero-order valence-corrected chi connectivity index (χ0v) is 13.2. The largest absolute Gasteiger partial charge is 0.337 e. The van der Waals surface area contributed by atoms with E-state index in [0.29, 0.717) is 10.8 Å². The van der Waals surface area contributed by atoms with Crippen LogP contribution in [0.3, 0.4) is 0 Å². The molecule has 2 bridgehead atoms. The molecule has 2 saturated carbocycles. The average Bonchev–Trinajstić information content (AvgIpc) is 3.04. The van der Waals surface area contributed by atoms with Crippen LogP contribution >= 0.6 is 0 Å². The molecule has 20 heavy (non-hydrogen) atoms. The van der Waals surface area contributed by atoms with E-state index < -0.39 is 0 Å². The van der Waals surface area contributed by atoms with Gasteiger partial charge in [-0.2, -0.15) is 0 Å². The Labute approximate surface area is 123 Å². The Morgan fingerprint density at radius 3 is 2.75 bits per heavy atom. The van der Waals surface area contributed by atoms with Crippen LogP contribution in [0.4, 0.5) is 0 Å². The monoisotopic (exact) mass is 275 g/mol. The van der Waals surface area contributed by atoms with E-state index in [1.165, 1.54) is 32.1 Å². The maximum Gasteiger partial charge on any atom is 0.0945 e. The summed E-state index contributed by atoms with van der Waals surface area (Å²) in [6, 6.07) is 0.740. The van der Waals surface area contributed by atoms with Crippen molar-refractivity contribution in [2.45, 2.75) is 65.5 Å². The summed E-state index contributed by atoms with van der Waals surface area (Å²) in [4.78, 5) is 4.08. The lowest BCUT2D eigenvalue weighted by Gasteiger charge is -2.39. The minimum Gasteiger partial charge on any atom is -0.337 e. The van der Waals surface area contributed by atoms with E-state index in [1.807, 2.05) is 18.7 Å². The number of unbranched alkanes of at least 4 members (excludes halogenated alkanes) is 1. The second kappa shape index (κ2) is 5.18. The van der Waals surface area contributed by atoms with E-state index in [-0.39, 0.29) is 0 Å². The maximum absolute atomic E-state index is 4.08. The van der Waals surface area contributed by atoms with Crippen molar-refractivity contribution in [1.82, 2.24) is 14.9 Å². The molecule has 3 unspecified atom stereocenters. The van der Waals surface area contributed by atoms with Crippen LogP contribution in [0, 0.1) is 16.7 Å². The number of rotatable bonds is 6. The van der Waals surface area contributed by atoms with Gasteiger partial charge < -0.3 is 9.88 Å². The van der Waals surface area contributed by atoms with Gasteiger partial charge in [0.15, 0.2) is 0 Å². The van der Waals surface area contributed by atoms with Crippen LogP contribution in [0.1, 0.15) is 52.9 Å². The quantitative estimate of drug-likeness (QED) is 0.806. The molecule has 3 heteroatoms. The predicted molar refractivity (Wildman–Crippen MR) is 82.5 cm³/mol. The molecule has 112 valence electrons. The summed E-state index contributed by atoms with van der Waals surface area (Å²) in [7, 11) is 0. The molecule has 0 aliphatic heterocycles. The normalized spacial score (nSPS) is 34.8. The molecule has 3 rings (SSSR count). The van der Waals surface area contributed by atoms with Crippen molar-refractivity contribution < 1.29 is 0 Å². The van der Waals surface area contributed by atoms with Crippen LogP contribution in [0.25, 0.3) is 0 Å². The number of nitrogens with one attached hydrogen (secondary N) is 1. The number of hydrogen-bond acceptors (Lipinski definition) is 2. The van der Waals surface area contributed by atoms with E-state index in [9.17, 15) is 0 Å². The Morgan fingerprint density at radius 1 is 1.30 bits per heavy atom. The second-order valence-corrected chi connectivity index (χ2v) is 7.62. The lowest BCUT2D eigenvalue weighted by molar-refractivity contribution is 0.121. The van der Waals surface area contributed by atoms with Crippen LogP contribution in [0.15, 0.2) is 18.7 Å². The number of imidazole rings is 1. The van der Waals surface area contributed by atoms with E-state index in [0.717, 1.165) is 25.0 Å². The molecule has 1 aromatic rings. The van der Waals surface area contributed by atoms with Gasteiger partial charge in [0.2, 0.25) is 0 Å². The summed E-state index contributed by atoms with van der Waals surface area (Å²) < 4.78 is 2.17. The van der Waals surface area contributed by atoms with Gasteiger partial charge in [-0.05, 0) is 55.4 Å². The molecule has 0 aromatic carbocycles. The molecule has 2 aliphatic carbocycles. The molecule has 2 fully saturated rings. The summed E-state index contributed by atoms with van der Waals surface area (Å²) in [5.74, 6) is 0.941. The molecule has 2 aliphatic rings. The number of fused-ring (bicyclic) bond motifs is 2. The zero-order chi connectivity index (χ0) is 14.2. The fourth-order valence-electron chi connectivity index (χ4n) is 4.63. The molecule has 0 spiro atoms. The fourth-order valence-corrected chi connectivity index (χ4v) is 4.63. The van der Waals surface area contributed by atoms with E-state index in [4.69, 9.17) is 0 Å². The first-order chi connectivity index (χ1) is 9.54. The summed E-state index contributed by atoms with van der Waals surface area (Å²) in [5, 5.41) is 3.86. The summed E-state index contributed by atoms with van der Waals surface area (Å²) >= 11 is 0. The van der Waals surface area contributed by atoms with Gasteiger partial charge in [0.25, 0.3) is 0 Å². The number of hydrogen-bond donors (Lipinski definition) is 1. The molecular formula is C17H29N3. The highest BCUT2D eigenvalue weighted by atomic mass is 15.0. The molecular weight excluding hydrogens is 246 g/mol. The molecule has 1 N–H and O–H groups in total. The van der Waals surface area contributed by atoms with Gasteiger partial charge >= 0.3 is 0 Å². The third-order valence-electron chi connectivity index (χ3n) is 6.59. The molecule has 1 aromatic heterocycles. The van der Waals surface area contributed by atoms with Gasteiger partial charge in [0.1, 0.15) is 0 Å². The summed E-state index contributed by atoms with van der Waals surface area (Å²) in [6.45, 7) is 9.76. The Morgan fingerprint density at radius 2 is 2.15 bits per heavy atom. The van der Waals surface area contributed by atoms with E-state index in [2.05, 4.69) is 35.6 Å². The van der Waals surface area contributed by atoms with Crippen LogP contribution in [-0.2, 0) is 6.54 Å². The van der Waals surface area contributed by atoms with E-state index >= 15 is 0 Å². The first kappa shape index (κ1) is 14.1. The highest BCUT2D eigenvalue weighted by Crippen LogP contribution is 2.65. The van der Waals surface area contributed by atoms with Gasteiger partial charge in [-0.15, -0.1) is 0 Å². The Kier molecular flexibility index (Phi) is 3.65. The van der Waals surface area contributed by atoms with Crippen molar-refractivity contribution in [2.24, 2.45) is 16.7 Å². The average molecular weight is 275 g/mol. The topological polar surface area (TPSA) is 29.9 Å². The summed E-state index contributed by atoms with van der Waals surface area (Å²) in [6.07, 6.45) is 12.6. The minimum atomic E-state index is 0.516. The Hall–Kier alpha value is -0.830. The smallest absolute Gasteiger partial charge is 0.0945 e. The van der Waals surface area contributed by atoms with Crippen LogP contribution in [-0.4, -0.2) is 22.1 Å². The molecule has 0 saturated heterocycles.